The van der Waals surface area contributed by atoms with Crippen LogP contribution in [0, 0.1) is 11.8 Å². The second-order valence-electron chi connectivity index (χ2n) is 8.81. The minimum atomic E-state index is -0.479. The van der Waals surface area contributed by atoms with Crippen LogP contribution in [0.2, 0.25) is 5.02 Å². The highest BCUT2D eigenvalue weighted by atomic mass is 35.5. The Balaban J connectivity index is 1.42. The normalized spacial score (nSPS) is 37.1. The molecule has 27 heavy (non-hydrogen) atoms. The van der Waals surface area contributed by atoms with Gasteiger partial charge in [0, 0.05) is 23.0 Å². The zero-order valence-electron chi connectivity index (χ0n) is 15.7. The van der Waals surface area contributed by atoms with Gasteiger partial charge in [0.15, 0.2) is 0 Å². The fraction of sp³-hybridized carbons (Fsp3) is 0.667. The molecule has 6 heteroatoms. The quantitative estimate of drug-likeness (QED) is 0.812. The SMILES string of the molecule is NC12CCCCC1Oc1c(NC(=O)C3CCN4CCCC3C4)cc(Cl)cc12. The molecule has 1 saturated carbocycles. The van der Waals surface area contributed by atoms with Crippen LogP contribution in [0.5, 0.6) is 5.75 Å². The number of carbonyl (C=O) groups is 1. The summed E-state index contributed by atoms with van der Waals surface area (Å²) in [5, 5.41) is 3.77. The van der Waals surface area contributed by atoms with Gasteiger partial charge in [0.05, 0.1) is 11.2 Å². The standard InChI is InChI=1S/C21H28ClN3O2/c22-14-10-16-19(27-18-5-1-2-7-21(16,18)23)17(11-14)24-20(26)15-6-9-25-8-3-4-13(15)12-25/h10-11,13,15,18H,1-9,12,23H2,(H,24,26). The summed E-state index contributed by atoms with van der Waals surface area (Å²) in [5.41, 5.74) is 7.93. The third-order valence-electron chi connectivity index (χ3n) is 7.16. The van der Waals surface area contributed by atoms with Crippen molar-refractivity contribution in [1.29, 1.82) is 0 Å². The summed E-state index contributed by atoms with van der Waals surface area (Å²) in [5.74, 6) is 1.38. The number of hydrogen-bond donors (Lipinski definition) is 2. The summed E-state index contributed by atoms with van der Waals surface area (Å²) in [6, 6.07) is 3.74. The number of fused-ring (bicyclic) bond motifs is 5. The Bertz CT molecular complexity index is 770. The highest BCUT2D eigenvalue weighted by Crippen LogP contribution is 2.51. The van der Waals surface area contributed by atoms with E-state index in [9.17, 15) is 4.79 Å². The first-order valence-electron chi connectivity index (χ1n) is 10.4. The fourth-order valence-electron chi connectivity index (χ4n) is 5.69. The Labute approximate surface area is 165 Å². The van der Waals surface area contributed by atoms with Crippen molar-refractivity contribution < 1.29 is 9.53 Å². The number of rotatable bonds is 2. The third-order valence-corrected chi connectivity index (χ3v) is 7.38. The topological polar surface area (TPSA) is 67.6 Å². The van der Waals surface area contributed by atoms with Gasteiger partial charge in [-0.2, -0.15) is 0 Å². The number of benzene rings is 1. The Morgan fingerprint density at radius 3 is 3.00 bits per heavy atom. The Morgan fingerprint density at radius 1 is 1.22 bits per heavy atom. The number of hydrogen-bond acceptors (Lipinski definition) is 4. The molecule has 0 radical (unpaired) electrons. The van der Waals surface area contributed by atoms with Crippen LogP contribution in [0.3, 0.4) is 0 Å². The minimum Gasteiger partial charge on any atom is -0.486 e. The van der Waals surface area contributed by atoms with Gasteiger partial charge in [0.25, 0.3) is 0 Å². The zero-order valence-corrected chi connectivity index (χ0v) is 16.4. The van der Waals surface area contributed by atoms with Crippen molar-refractivity contribution in [2.24, 2.45) is 17.6 Å². The van der Waals surface area contributed by atoms with E-state index in [0.29, 0.717) is 16.6 Å². The van der Waals surface area contributed by atoms with E-state index in [0.717, 1.165) is 62.9 Å². The molecule has 2 bridgehead atoms. The molecule has 3 heterocycles. The van der Waals surface area contributed by atoms with Crippen LogP contribution < -0.4 is 15.8 Å². The van der Waals surface area contributed by atoms with Gasteiger partial charge in [-0.15, -0.1) is 0 Å². The fourth-order valence-corrected chi connectivity index (χ4v) is 5.91. The summed E-state index contributed by atoms with van der Waals surface area (Å²) in [6.45, 7) is 3.25. The van der Waals surface area contributed by atoms with E-state index in [4.69, 9.17) is 22.1 Å². The Hall–Kier alpha value is -1.30. The van der Waals surface area contributed by atoms with Gasteiger partial charge in [0.2, 0.25) is 5.91 Å². The van der Waals surface area contributed by atoms with Crippen LogP contribution in [0.15, 0.2) is 12.1 Å². The number of ether oxygens (including phenoxy) is 1. The first kappa shape index (κ1) is 17.8. The average Bonchev–Trinajstić information content (AvgIpc) is 2.95. The van der Waals surface area contributed by atoms with Crippen molar-refractivity contribution in [3.05, 3.63) is 22.7 Å². The maximum Gasteiger partial charge on any atom is 0.227 e. The van der Waals surface area contributed by atoms with Crippen molar-refractivity contribution in [3.63, 3.8) is 0 Å². The maximum atomic E-state index is 13.1. The van der Waals surface area contributed by atoms with Crippen molar-refractivity contribution in [1.82, 2.24) is 4.90 Å². The monoisotopic (exact) mass is 389 g/mol. The van der Waals surface area contributed by atoms with Gasteiger partial charge < -0.3 is 20.7 Å². The molecule has 1 aliphatic carbocycles. The molecule has 4 aliphatic rings. The predicted octanol–water partition coefficient (Wildman–Crippen LogP) is 3.50. The van der Waals surface area contributed by atoms with Gasteiger partial charge in [-0.3, -0.25) is 4.79 Å². The number of anilines is 1. The highest BCUT2D eigenvalue weighted by molar-refractivity contribution is 6.31. The van der Waals surface area contributed by atoms with E-state index in [1.165, 1.54) is 13.0 Å². The van der Waals surface area contributed by atoms with Crippen molar-refractivity contribution in [2.45, 2.75) is 56.6 Å². The van der Waals surface area contributed by atoms with Crippen molar-refractivity contribution >= 4 is 23.2 Å². The number of halogens is 1. The smallest absolute Gasteiger partial charge is 0.227 e. The molecule has 5 nitrogen and oxygen atoms in total. The molecule has 1 amide bonds. The highest BCUT2D eigenvalue weighted by Gasteiger charge is 2.48. The second kappa shape index (κ2) is 6.64. The molecule has 5 unspecified atom stereocenters. The Kier molecular flexibility index (Phi) is 4.37. The van der Waals surface area contributed by atoms with E-state index in [1.807, 2.05) is 12.1 Å². The van der Waals surface area contributed by atoms with Crippen LogP contribution >= 0.6 is 11.6 Å². The molecule has 3 N–H and O–H groups in total. The lowest BCUT2D eigenvalue weighted by atomic mass is 9.76. The number of nitrogens with two attached hydrogens (primary N) is 1. The number of piperidine rings is 2. The maximum absolute atomic E-state index is 13.1. The van der Waals surface area contributed by atoms with Gasteiger partial charge >= 0.3 is 0 Å². The molecule has 1 aromatic carbocycles. The first-order chi connectivity index (χ1) is 13.0. The molecule has 146 valence electrons. The molecule has 3 fully saturated rings. The largest absolute Gasteiger partial charge is 0.486 e. The number of amides is 1. The van der Waals surface area contributed by atoms with Gasteiger partial charge in [-0.25, -0.2) is 0 Å². The molecule has 2 saturated heterocycles. The van der Waals surface area contributed by atoms with Crippen LogP contribution in [0.1, 0.15) is 50.5 Å². The molecule has 0 spiro atoms. The lowest BCUT2D eigenvalue weighted by molar-refractivity contribution is -0.124. The van der Waals surface area contributed by atoms with Crippen LogP contribution in [-0.2, 0) is 10.3 Å². The summed E-state index contributed by atoms with van der Waals surface area (Å²) in [7, 11) is 0. The van der Waals surface area contributed by atoms with Gasteiger partial charge in [0.1, 0.15) is 11.9 Å². The number of nitrogens with one attached hydrogen (secondary N) is 1. The first-order valence-corrected chi connectivity index (χ1v) is 10.8. The molecule has 3 aliphatic heterocycles. The predicted molar refractivity (Wildman–Crippen MR) is 106 cm³/mol. The zero-order chi connectivity index (χ0) is 18.6. The molecule has 1 aromatic rings. The lowest BCUT2D eigenvalue weighted by Gasteiger charge is -2.41. The average molecular weight is 390 g/mol. The van der Waals surface area contributed by atoms with Crippen LogP contribution in [0.25, 0.3) is 0 Å². The van der Waals surface area contributed by atoms with Crippen LogP contribution in [-0.4, -0.2) is 36.5 Å². The summed E-state index contributed by atoms with van der Waals surface area (Å²) < 4.78 is 6.26. The van der Waals surface area contributed by atoms with E-state index in [-0.39, 0.29) is 17.9 Å². The molecule has 5 rings (SSSR count). The molecule has 0 aromatic heterocycles. The summed E-state index contributed by atoms with van der Waals surface area (Å²) >= 11 is 6.41. The van der Waals surface area contributed by atoms with E-state index in [1.54, 1.807) is 0 Å². The minimum absolute atomic E-state index is 0.0167. The lowest BCUT2D eigenvalue weighted by Crippen LogP contribution is -2.48. The second-order valence-corrected chi connectivity index (χ2v) is 9.25. The Morgan fingerprint density at radius 2 is 2.11 bits per heavy atom. The molecular weight excluding hydrogens is 362 g/mol. The van der Waals surface area contributed by atoms with Crippen molar-refractivity contribution in [3.8, 4) is 5.75 Å². The van der Waals surface area contributed by atoms with E-state index < -0.39 is 5.54 Å². The summed E-state index contributed by atoms with van der Waals surface area (Å²) in [6.07, 6.45) is 7.35. The van der Waals surface area contributed by atoms with E-state index >= 15 is 0 Å². The van der Waals surface area contributed by atoms with Gasteiger partial charge in [-0.05, 0) is 69.7 Å². The van der Waals surface area contributed by atoms with E-state index in [2.05, 4.69) is 10.2 Å². The van der Waals surface area contributed by atoms with Crippen molar-refractivity contribution in [2.75, 3.05) is 25.0 Å². The number of carbonyl (C=O) groups excluding carboxylic acids is 1. The van der Waals surface area contributed by atoms with Crippen LogP contribution in [0.4, 0.5) is 5.69 Å². The summed E-state index contributed by atoms with van der Waals surface area (Å²) in [4.78, 5) is 15.6. The van der Waals surface area contributed by atoms with Gasteiger partial charge in [-0.1, -0.05) is 18.0 Å². The molecule has 5 atom stereocenters. The number of nitrogens with zero attached hydrogens (tertiary/aromatic N) is 1. The third kappa shape index (κ3) is 2.95. The molecular formula is C21H28ClN3O2.